The Hall–Kier alpha value is -1.56. The third-order valence-electron chi connectivity index (χ3n) is 3.07. The molecule has 1 aromatic carbocycles. The first-order valence-corrected chi connectivity index (χ1v) is 7.68. The number of benzene rings is 1. The minimum atomic E-state index is -0.213. The van der Waals surface area contributed by atoms with Crippen LogP contribution in [0.4, 0.5) is 0 Å². The summed E-state index contributed by atoms with van der Waals surface area (Å²) in [6, 6.07) is 5.24. The van der Waals surface area contributed by atoms with E-state index in [1.54, 1.807) is 25.3 Å². The molecule has 2 amide bonds. The van der Waals surface area contributed by atoms with Crippen molar-refractivity contribution in [3.8, 4) is 5.75 Å². The third kappa shape index (κ3) is 5.75. The summed E-state index contributed by atoms with van der Waals surface area (Å²) >= 11 is 3.33. The van der Waals surface area contributed by atoms with Crippen molar-refractivity contribution in [3.05, 3.63) is 28.2 Å². The molecule has 116 valence electrons. The molecule has 0 saturated carbocycles. The quantitative estimate of drug-likeness (QED) is 0.788. The van der Waals surface area contributed by atoms with Gasteiger partial charge in [0.2, 0.25) is 5.91 Å². The maximum atomic E-state index is 12.0. The summed E-state index contributed by atoms with van der Waals surface area (Å²) in [7, 11) is 1.57. The fourth-order valence-corrected chi connectivity index (χ4v) is 2.19. The summed E-state index contributed by atoms with van der Waals surface area (Å²) in [5.74, 6) is 0.398. The lowest BCUT2D eigenvalue weighted by Crippen LogP contribution is -2.35. The molecule has 0 aromatic heterocycles. The monoisotopic (exact) mass is 356 g/mol. The highest BCUT2D eigenvalue weighted by Crippen LogP contribution is 2.25. The predicted molar refractivity (Wildman–Crippen MR) is 85.5 cm³/mol. The molecule has 0 saturated heterocycles. The summed E-state index contributed by atoms with van der Waals surface area (Å²) in [6.45, 7) is 4.27. The molecule has 5 nitrogen and oxygen atoms in total. The summed E-state index contributed by atoms with van der Waals surface area (Å²) in [4.78, 5) is 23.5. The second-order valence-electron chi connectivity index (χ2n) is 4.73. The highest BCUT2D eigenvalue weighted by Gasteiger charge is 2.10. The van der Waals surface area contributed by atoms with E-state index in [1.807, 2.05) is 13.8 Å². The van der Waals surface area contributed by atoms with Gasteiger partial charge in [0.25, 0.3) is 5.91 Å². The Balaban J connectivity index is 2.44. The average Bonchev–Trinajstić information content (AvgIpc) is 2.46. The van der Waals surface area contributed by atoms with E-state index in [0.29, 0.717) is 22.3 Å². The molecule has 0 heterocycles. The second-order valence-corrected chi connectivity index (χ2v) is 5.59. The van der Waals surface area contributed by atoms with E-state index < -0.39 is 0 Å². The molecule has 21 heavy (non-hydrogen) atoms. The summed E-state index contributed by atoms with van der Waals surface area (Å²) in [6.07, 6.45) is 1.16. The Bertz CT molecular complexity index is 506. The molecule has 0 spiro atoms. The van der Waals surface area contributed by atoms with Crippen molar-refractivity contribution >= 4 is 27.7 Å². The van der Waals surface area contributed by atoms with E-state index in [4.69, 9.17) is 4.74 Å². The Kier molecular flexibility index (Phi) is 7.22. The van der Waals surface area contributed by atoms with Gasteiger partial charge in [0.15, 0.2) is 0 Å². The molecule has 1 atom stereocenters. The highest BCUT2D eigenvalue weighted by molar-refractivity contribution is 9.10. The molecule has 0 radical (unpaired) electrons. The Morgan fingerprint density at radius 2 is 2.10 bits per heavy atom. The van der Waals surface area contributed by atoms with Crippen molar-refractivity contribution in [2.24, 2.45) is 0 Å². The molecule has 0 bridgehead atoms. The summed E-state index contributed by atoms with van der Waals surface area (Å²) in [5, 5.41) is 5.58. The van der Waals surface area contributed by atoms with Gasteiger partial charge in [-0.3, -0.25) is 9.59 Å². The van der Waals surface area contributed by atoms with Crippen LogP contribution in [0.25, 0.3) is 0 Å². The van der Waals surface area contributed by atoms with Gasteiger partial charge in [-0.1, -0.05) is 6.92 Å². The first-order chi connectivity index (χ1) is 9.97. The molecule has 0 aliphatic carbocycles. The van der Waals surface area contributed by atoms with Crippen LogP contribution in [0, 0.1) is 0 Å². The standard InChI is InChI=1S/C15H21BrN2O3/c1-4-10(2)18-14(19)7-8-17-15(20)11-5-6-13(21-3)12(16)9-11/h5-6,9-10H,4,7-8H2,1-3H3,(H,17,20)(H,18,19)/t10-/m1/s1. The van der Waals surface area contributed by atoms with E-state index in [1.165, 1.54) is 0 Å². The van der Waals surface area contributed by atoms with Crippen LogP contribution in [0.3, 0.4) is 0 Å². The number of amides is 2. The van der Waals surface area contributed by atoms with Crippen molar-refractivity contribution in [3.63, 3.8) is 0 Å². The van der Waals surface area contributed by atoms with E-state index in [0.717, 1.165) is 6.42 Å². The number of ether oxygens (including phenoxy) is 1. The minimum Gasteiger partial charge on any atom is -0.496 e. The number of carbonyl (C=O) groups is 2. The molecular formula is C15H21BrN2O3. The fourth-order valence-electron chi connectivity index (χ4n) is 1.65. The van der Waals surface area contributed by atoms with Gasteiger partial charge in [0, 0.05) is 24.6 Å². The number of hydrogen-bond donors (Lipinski definition) is 2. The van der Waals surface area contributed by atoms with Crippen LogP contribution in [-0.4, -0.2) is 31.5 Å². The molecule has 0 fully saturated rings. The van der Waals surface area contributed by atoms with Crippen molar-refractivity contribution < 1.29 is 14.3 Å². The van der Waals surface area contributed by atoms with Gasteiger partial charge in [-0.15, -0.1) is 0 Å². The molecule has 2 N–H and O–H groups in total. The predicted octanol–water partition coefficient (Wildman–Crippen LogP) is 2.49. The molecule has 6 heteroatoms. The van der Waals surface area contributed by atoms with Gasteiger partial charge in [-0.05, 0) is 47.5 Å². The highest BCUT2D eigenvalue weighted by atomic mass is 79.9. The third-order valence-corrected chi connectivity index (χ3v) is 3.69. The van der Waals surface area contributed by atoms with Gasteiger partial charge < -0.3 is 15.4 Å². The van der Waals surface area contributed by atoms with Crippen molar-refractivity contribution in [2.75, 3.05) is 13.7 Å². The van der Waals surface area contributed by atoms with Crippen molar-refractivity contribution in [2.45, 2.75) is 32.7 Å². The Morgan fingerprint density at radius 1 is 1.38 bits per heavy atom. The fraction of sp³-hybridized carbons (Fsp3) is 0.467. The summed E-state index contributed by atoms with van der Waals surface area (Å²) < 4.78 is 5.82. The number of hydrogen-bond acceptors (Lipinski definition) is 3. The number of halogens is 1. The van der Waals surface area contributed by atoms with Crippen LogP contribution < -0.4 is 15.4 Å². The van der Waals surface area contributed by atoms with E-state index in [-0.39, 0.29) is 24.3 Å². The van der Waals surface area contributed by atoms with Crippen LogP contribution in [0.15, 0.2) is 22.7 Å². The number of carbonyl (C=O) groups excluding carboxylic acids is 2. The zero-order valence-electron chi connectivity index (χ0n) is 12.5. The maximum Gasteiger partial charge on any atom is 0.251 e. The van der Waals surface area contributed by atoms with E-state index in [2.05, 4.69) is 26.6 Å². The van der Waals surface area contributed by atoms with Crippen LogP contribution in [0.1, 0.15) is 37.0 Å². The first-order valence-electron chi connectivity index (χ1n) is 6.89. The van der Waals surface area contributed by atoms with Crippen LogP contribution in [0.5, 0.6) is 5.75 Å². The zero-order chi connectivity index (χ0) is 15.8. The number of nitrogens with one attached hydrogen (secondary N) is 2. The van der Waals surface area contributed by atoms with Gasteiger partial charge in [-0.25, -0.2) is 0 Å². The lowest BCUT2D eigenvalue weighted by Gasteiger charge is -2.11. The molecule has 0 aliphatic heterocycles. The molecular weight excluding hydrogens is 336 g/mol. The van der Waals surface area contributed by atoms with Gasteiger partial charge in [0.1, 0.15) is 5.75 Å². The number of methoxy groups -OCH3 is 1. The smallest absolute Gasteiger partial charge is 0.251 e. The Labute approximate surface area is 133 Å². The molecule has 0 unspecified atom stereocenters. The largest absolute Gasteiger partial charge is 0.496 e. The lowest BCUT2D eigenvalue weighted by molar-refractivity contribution is -0.121. The van der Waals surface area contributed by atoms with Gasteiger partial charge in [0.05, 0.1) is 11.6 Å². The lowest BCUT2D eigenvalue weighted by atomic mass is 10.2. The van der Waals surface area contributed by atoms with Gasteiger partial charge in [-0.2, -0.15) is 0 Å². The van der Waals surface area contributed by atoms with E-state index >= 15 is 0 Å². The van der Waals surface area contributed by atoms with Crippen molar-refractivity contribution in [1.29, 1.82) is 0 Å². The Morgan fingerprint density at radius 3 is 2.67 bits per heavy atom. The van der Waals surface area contributed by atoms with Crippen molar-refractivity contribution in [1.82, 2.24) is 10.6 Å². The van der Waals surface area contributed by atoms with Crippen LogP contribution in [0.2, 0.25) is 0 Å². The average molecular weight is 357 g/mol. The van der Waals surface area contributed by atoms with Crippen LogP contribution in [-0.2, 0) is 4.79 Å². The molecule has 1 aromatic rings. The number of rotatable bonds is 7. The summed E-state index contributed by atoms with van der Waals surface area (Å²) in [5.41, 5.74) is 0.519. The molecule has 0 aliphatic rings. The molecule has 1 rings (SSSR count). The minimum absolute atomic E-state index is 0.0550. The SMILES string of the molecule is CC[C@@H](C)NC(=O)CCNC(=O)c1ccc(OC)c(Br)c1. The van der Waals surface area contributed by atoms with E-state index in [9.17, 15) is 9.59 Å². The maximum absolute atomic E-state index is 12.0. The van der Waals surface area contributed by atoms with Crippen LogP contribution >= 0.6 is 15.9 Å². The second kappa shape index (κ2) is 8.67. The zero-order valence-corrected chi connectivity index (χ0v) is 14.1. The normalized spacial score (nSPS) is 11.6. The topological polar surface area (TPSA) is 67.4 Å². The first kappa shape index (κ1) is 17.5. The van der Waals surface area contributed by atoms with Gasteiger partial charge >= 0.3 is 0 Å².